The predicted molar refractivity (Wildman–Crippen MR) is 67.3 cm³/mol. The minimum atomic E-state index is -0.575. The van der Waals surface area contributed by atoms with Gasteiger partial charge in [0.05, 0.1) is 11.0 Å². The molecular formula is C12H16FN3O2. The fourth-order valence-electron chi connectivity index (χ4n) is 2.28. The number of nitrogens with zero attached hydrogens (tertiary/aromatic N) is 2. The summed E-state index contributed by atoms with van der Waals surface area (Å²) in [5, 5.41) is 14.0. The highest BCUT2D eigenvalue weighted by molar-refractivity contribution is 5.55. The monoisotopic (exact) mass is 253 g/mol. The smallest absolute Gasteiger partial charge is 0.274 e. The van der Waals surface area contributed by atoms with Crippen molar-refractivity contribution < 1.29 is 9.31 Å². The first kappa shape index (κ1) is 12.8. The van der Waals surface area contributed by atoms with E-state index >= 15 is 0 Å². The van der Waals surface area contributed by atoms with Gasteiger partial charge in [0.1, 0.15) is 5.82 Å². The third kappa shape index (κ3) is 2.43. The Labute approximate surface area is 105 Å². The van der Waals surface area contributed by atoms with E-state index in [1.165, 1.54) is 12.1 Å². The zero-order chi connectivity index (χ0) is 13.3. The van der Waals surface area contributed by atoms with Crippen molar-refractivity contribution in [2.24, 2.45) is 0 Å². The van der Waals surface area contributed by atoms with E-state index in [1.807, 2.05) is 18.7 Å². The third-order valence-corrected chi connectivity index (χ3v) is 3.19. The lowest BCUT2D eigenvalue weighted by molar-refractivity contribution is -0.385. The van der Waals surface area contributed by atoms with Crippen LogP contribution in [0.5, 0.6) is 0 Å². The van der Waals surface area contributed by atoms with Gasteiger partial charge in [-0.15, -0.1) is 0 Å². The highest BCUT2D eigenvalue weighted by Gasteiger charge is 2.30. The maximum Gasteiger partial charge on any atom is 0.274 e. The summed E-state index contributed by atoms with van der Waals surface area (Å²) in [5.41, 5.74) is 0.160. The van der Waals surface area contributed by atoms with Crippen molar-refractivity contribution in [1.29, 1.82) is 0 Å². The van der Waals surface area contributed by atoms with Crippen molar-refractivity contribution in [3.05, 3.63) is 34.1 Å². The number of hydrogen-bond donors (Lipinski definition) is 1. The number of piperazine rings is 1. The molecule has 6 heteroatoms. The minimum absolute atomic E-state index is 0.195. The lowest BCUT2D eigenvalue weighted by atomic mass is 9.99. The van der Waals surface area contributed by atoms with E-state index in [0.29, 0.717) is 12.2 Å². The number of nitro groups is 1. The Hall–Kier alpha value is -1.69. The van der Waals surface area contributed by atoms with Crippen LogP contribution in [0.4, 0.5) is 15.8 Å². The summed E-state index contributed by atoms with van der Waals surface area (Å²) in [7, 11) is 0. The molecule has 5 nitrogen and oxygen atoms in total. The molecular weight excluding hydrogens is 237 g/mol. The summed E-state index contributed by atoms with van der Waals surface area (Å²) in [4.78, 5) is 12.2. The van der Waals surface area contributed by atoms with Crippen molar-refractivity contribution in [2.75, 3.05) is 24.5 Å². The first-order chi connectivity index (χ1) is 8.40. The molecule has 98 valence electrons. The van der Waals surface area contributed by atoms with Gasteiger partial charge in [0.15, 0.2) is 0 Å². The van der Waals surface area contributed by atoms with Crippen molar-refractivity contribution in [1.82, 2.24) is 5.32 Å². The molecule has 1 aliphatic heterocycles. The van der Waals surface area contributed by atoms with Gasteiger partial charge in [-0.1, -0.05) is 0 Å². The Balaban J connectivity index is 2.40. The molecule has 1 saturated heterocycles. The van der Waals surface area contributed by atoms with Crippen LogP contribution in [0.1, 0.15) is 13.8 Å². The van der Waals surface area contributed by atoms with Crippen LogP contribution in [-0.4, -0.2) is 30.1 Å². The van der Waals surface area contributed by atoms with Gasteiger partial charge in [0.25, 0.3) is 5.69 Å². The number of halogens is 1. The Morgan fingerprint density at radius 2 is 2.17 bits per heavy atom. The van der Waals surface area contributed by atoms with Gasteiger partial charge in [-0.2, -0.15) is 0 Å². The summed E-state index contributed by atoms with van der Waals surface area (Å²) in [5.74, 6) is -0.575. The van der Waals surface area contributed by atoms with Crippen molar-refractivity contribution in [3.8, 4) is 0 Å². The van der Waals surface area contributed by atoms with Crippen molar-refractivity contribution in [3.63, 3.8) is 0 Å². The van der Waals surface area contributed by atoms with Gasteiger partial charge in [0.2, 0.25) is 0 Å². The van der Waals surface area contributed by atoms with Gasteiger partial charge in [-0.25, -0.2) is 4.39 Å². The fourth-order valence-corrected chi connectivity index (χ4v) is 2.28. The molecule has 0 bridgehead atoms. The fraction of sp³-hybridized carbons (Fsp3) is 0.500. The van der Waals surface area contributed by atoms with Gasteiger partial charge in [-0.05, 0) is 19.9 Å². The van der Waals surface area contributed by atoms with Gasteiger partial charge < -0.3 is 10.2 Å². The molecule has 1 aliphatic rings. The maximum absolute atomic E-state index is 13.4. The van der Waals surface area contributed by atoms with Crippen LogP contribution in [0.15, 0.2) is 18.2 Å². The average molecular weight is 253 g/mol. The standard InChI is InChI=1S/C12H16FN3O2/c1-12(2)8-14-3-4-15(12)10-5-9(13)6-11(7-10)16(17)18/h5-7,14H,3-4,8H2,1-2H3. The lowest BCUT2D eigenvalue weighted by Crippen LogP contribution is -2.58. The first-order valence-corrected chi connectivity index (χ1v) is 5.83. The molecule has 0 radical (unpaired) electrons. The summed E-state index contributed by atoms with van der Waals surface area (Å²) in [6.45, 7) is 6.30. The molecule has 0 aliphatic carbocycles. The Bertz CT molecular complexity index is 476. The molecule has 1 aromatic carbocycles. The number of non-ortho nitro benzene ring substituents is 1. The Morgan fingerprint density at radius 1 is 1.44 bits per heavy atom. The molecule has 0 unspecified atom stereocenters. The summed E-state index contributed by atoms with van der Waals surface area (Å²) >= 11 is 0. The molecule has 1 fully saturated rings. The topological polar surface area (TPSA) is 58.4 Å². The number of rotatable bonds is 2. The first-order valence-electron chi connectivity index (χ1n) is 5.83. The van der Waals surface area contributed by atoms with E-state index in [9.17, 15) is 14.5 Å². The Morgan fingerprint density at radius 3 is 2.78 bits per heavy atom. The second-order valence-corrected chi connectivity index (χ2v) is 5.07. The van der Waals surface area contributed by atoms with E-state index in [1.54, 1.807) is 0 Å². The van der Waals surface area contributed by atoms with Crippen LogP contribution in [0.25, 0.3) is 0 Å². The number of benzene rings is 1. The zero-order valence-electron chi connectivity index (χ0n) is 10.4. The minimum Gasteiger partial charge on any atom is -0.364 e. The molecule has 0 amide bonds. The van der Waals surface area contributed by atoms with Crippen LogP contribution in [0.3, 0.4) is 0 Å². The predicted octanol–water partition coefficient (Wildman–Crippen LogP) is 1.92. The normalized spacial score (nSPS) is 18.7. The zero-order valence-corrected chi connectivity index (χ0v) is 10.4. The molecule has 0 spiro atoms. The largest absolute Gasteiger partial charge is 0.364 e. The second-order valence-electron chi connectivity index (χ2n) is 5.07. The molecule has 1 heterocycles. The molecule has 2 rings (SSSR count). The number of nitrogens with one attached hydrogen (secondary N) is 1. The third-order valence-electron chi connectivity index (χ3n) is 3.19. The van der Waals surface area contributed by atoms with Crippen LogP contribution in [-0.2, 0) is 0 Å². The Kier molecular flexibility index (Phi) is 3.21. The SMILES string of the molecule is CC1(C)CNCCN1c1cc(F)cc([N+](=O)[O-])c1. The van der Waals surface area contributed by atoms with E-state index in [0.717, 1.165) is 19.2 Å². The summed E-state index contributed by atoms with van der Waals surface area (Å²) in [6.07, 6.45) is 0. The molecule has 0 aromatic heterocycles. The maximum atomic E-state index is 13.4. The molecule has 1 aromatic rings. The van der Waals surface area contributed by atoms with E-state index in [4.69, 9.17) is 0 Å². The van der Waals surface area contributed by atoms with E-state index in [-0.39, 0.29) is 11.2 Å². The van der Waals surface area contributed by atoms with Crippen LogP contribution >= 0.6 is 0 Å². The second kappa shape index (κ2) is 4.53. The van der Waals surface area contributed by atoms with E-state index < -0.39 is 10.7 Å². The van der Waals surface area contributed by atoms with Crippen LogP contribution in [0, 0.1) is 15.9 Å². The van der Waals surface area contributed by atoms with Crippen LogP contribution in [0.2, 0.25) is 0 Å². The molecule has 0 atom stereocenters. The van der Waals surface area contributed by atoms with Crippen molar-refractivity contribution >= 4 is 11.4 Å². The van der Waals surface area contributed by atoms with Crippen molar-refractivity contribution in [2.45, 2.75) is 19.4 Å². The number of anilines is 1. The average Bonchev–Trinajstić information content (AvgIpc) is 2.27. The van der Waals surface area contributed by atoms with Gasteiger partial charge in [0, 0.05) is 36.9 Å². The van der Waals surface area contributed by atoms with Gasteiger partial charge in [-0.3, -0.25) is 10.1 Å². The molecule has 0 saturated carbocycles. The highest BCUT2D eigenvalue weighted by atomic mass is 19.1. The molecule has 1 N–H and O–H groups in total. The summed E-state index contributed by atoms with van der Waals surface area (Å²) < 4.78 is 13.4. The summed E-state index contributed by atoms with van der Waals surface area (Å²) in [6, 6.07) is 3.72. The van der Waals surface area contributed by atoms with Crippen LogP contribution < -0.4 is 10.2 Å². The molecule has 18 heavy (non-hydrogen) atoms. The van der Waals surface area contributed by atoms with Gasteiger partial charge >= 0.3 is 0 Å². The number of hydrogen-bond acceptors (Lipinski definition) is 4. The van der Waals surface area contributed by atoms with E-state index in [2.05, 4.69) is 5.32 Å². The highest BCUT2D eigenvalue weighted by Crippen LogP contribution is 2.29. The lowest BCUT2D eigenvalue weighted by Gasteiger charge is -2.44. The quantitative estimate of drug-likeness (QED) is 0.646. The number of nitro benzene ring substituents is 1.